The maximum absolute atomic E-state index is 14.2. The van der Waals surface area contributed by atoms with Gasteiger partial charge in [-0.3, -0.25) is 27.8 Å². The van der Waals surface area contributed by atoms with Gasteiger partial charge in [0.05, 0.1) is 37.3 Å². The third kappa shape index (κ3) is 6.14. The molecule has 51 heavy (non-hydrogen) atoms. The Bertz CT molecular complexity index is 3230. The molecule has 1 aliphatic carbocycles. The van der Waals surface area contributed by atoms with Crippen LogP contribution in [0.15, 0.2) is 95.9 Å². The van der Waals surface area contributed by atoms with Gasteiger partial charge in [0, 0.05) is 21.4 Å². The third-order valence-electron chi connectivity index (χ3n) is 7.88. The average molecular weight is 777 g/mol. The Balaban J connectivity index is 1.90. The van der Waals surface area contributed by atoms with Gasteiger partial charge in [-0.1, -0.05) is 36.4 Å². The lowest BCUT2D eigenvalue weighted by Crippen LogP contribution is -2.33. The SMILES string of the molecule is Cc1cc(Nc2cc(S(=O)(=O)O)c3nc(=O)c(=C(O)c4cccc(S(=O)(=O)O)c4)c4c5ccccc5c(=O)c2c3=4)c(S(=O)(=O)O)cc1S(=O)(=O)O. The van der Waals surface area contributed by atoms with E-state index in [2.05, 4.69) is 10.3 Å². The molecule has 17 nitrogen and oxygen atoms in total. The lowest BCUT2D eigenvalue weighted by molar-refractivity contribution is 0.478. The summed E-state index contributed by atoms with van der Waals surface area (Å²) in [5, 5.41) is 11.8. The van der Waals surface area contributed by atoms with Crippen LogP contribution in [0.5, 0.6) is 0 Å². The fraction of sp³-hybridized carbons (Fsp3) is 0.0333. The molecule has 4 aromatic rings. The topological polar surface area (TPSA) is 297 Å². The Hall–Kier alpha value is -5.13. The second kappa shape index (κ2) is 11.7. The van der Waals surface area contributed by atoms with Crippen LogP contribution in [-0.2, 0) is 40.5 Å². The molecule has 2 aliphatic rings. The second-order valence-electron chi connectivity index (χ2n) is 11.1. The highest BCUT2D eigenvalue weighted by Crippen LogP contribution is 2.35. The highest BCUT2D eigenvalue weighted by atomic mass is 32.2. The van der Waals surface area contributed by atoms with Gasteiger partial charge in [0.25, 0.3) is 46.0 Å². The van der Waals surface area contributed by atoms with Crippen LogP contribution in [0.1, 0.15) is 11.1 Å². The molecule has 0 unspecified atom stereocenters. The van der Waals surface area contributed by atoms with Crippen molar-refractivity contribution in [2.75, 3.05) is 5.32 Å². The molecule has 0 saturated heterocycles. The van der Waals surface area contributed by atoms with E-state index in [1.165, 1.54) is 24.3 Å². The van der Waals surface area contributed by atoms with Gasteiger partial charge in [-0.2, -0.15) is 33.7 Å². The lowest BCUT2D eigenvalue weighted by Gasteiger charge is -2.17. The number of aliphatic hydroxyl groups excluding tert-OH is 1. The van der Waals surface area contributed by atoms with E-state index in [9.17, 15) is 66.6 Å². The first-order chi connectivity index (χ1) is 23.5. The normalized spacial score (nSPS) is 13.6. The number of nitrogens with one attached hydrogen (secondary N) is 1. The van der Waals surface area contributed by atoms with E-state index < -0.39 is 110 Å². The minimum absolute atomic E-state index is 0.0580. The zero-order valence-corrected chi connectivity index (χ0v) is 28.5. The molecule has 1 heterocycles. The molecular formula is C30H20N2O15S4. The summed E-state index contributed by atoms with van der Waals surface area (Å²) >= 11 is 0. The van der Waals surface area contributed by atoms with Crippen molar-refractivity contribution in [1.82, 2.24) is 4.98 Å². The molecule has 6 rings (SSSR count). The molecule has 0 fully saturated rings. The molecule has 0 spiro atoms. The standard InChI is InChI=1S/C30H20N2O15S4/c1-13-9-18(21(50(42,43)44)12-20(13)49(39,40)41)31-19-11-22(51(45,46)47)27-25-23(16-7-2-3-8-17(16)29(34)24(19)25)26(30(35)32-27)28(33)14-5-4-6-15(10-14)48(36,37)38/h2-12,31,33H,1H3,(H,36,37,38)(H,39,40,41)(H,42,43,44)(H,45,46,47). The third-order valence-corrected chi connectivity index (χ3v) is 11.5. The Morgan fingerprint density at radius 3 is 1.84 bits per heavy atom. The monoisotopic (exact) mass is 776 g/mol. The first-order valence-corrected chi connectivity index (χ1v) is 19.6. The molecule has 0 saturated carbocycles. The highest BCUT2D eigenvalue weighted by molar-refractivity contribution is 7.87. The lowest BCUT2D eigenvalue weighted by atomic mass is 9.96. The summed E-state index contributed by atoms with van der Waals surface area (Å²) in [7, 11) is -20.5. The molecule has 21 heteroatoms. The number of anilines is 2. The molecule has 0 amide bonds. The molecular weight excluding hydrogens is 757 g/mol. The Kier molecular flexibility index (Phi) is 8.20. The maximum atomic E-state index is 14.2. The Labute approximate surface area is 286 Å². The van der Waals surface area contributed by atoms with Crippen LogP contribution in [-0.4, -0.2) is 62.0 Å². The maximum Gasteiger partial charge on any atom is 0.296 e. The number of aromatic nitrogens is 1. The van der Waals surface area contributed by atoms with E-state index >= 15 is 0 Å². The van der Waals surface area contributed by atoms with Crippen molar-refractivity contribution >= 4 is 79.3 Å². The van der Waals surface area contributed by atoms with Crippen LogP contribution < -0.4 is 21.5 Å². The smallest absolute Gasteiger partial charge is 0.296 e. The quantitative estimate of drug-likeness (QED) is 0.126. The molecule has 0 atom stereocenters. The van der Waals surface area contributed by atoms with Crippen molar-refractivity contribution in [3.05, 3.63) is 114 Å². The van der Waals surface area contributed by atoms with Crippen LogP contribution >= 0.6 is 0 Å². The van der Waals surface area contributed by atoms with Gasteiger partial charge in [0.2, 0.25) is 0 Å². The number of nitrogens with zero attached hydrogens (tertiary/aromatic N) is 1. The number of benzene rings is 4. The molecule has 264 valence electrons. The van der Waals surface area contributed by atoms with Crippen LogP contribution in [0.2, 0.25) is 0 Å². The van der Waals surface area contributed by atoms with Gasteiger partial charge in [-0.15, -0.1) is 0 Å². The van der Waals surface area contributed by atoms with Gasteiger partial charge in [0.1, 0.15) is 15.6 Å². The molecule has 6 N–H and O–H groups in total. The number of hydrogen-bond donors (Lipinski definition) is 6. The van der Waals surface area contributed by atoms with Crippen molar-refractivity contribution in [2.45, 2.75) is 26.5 Å². The van der Waals surface area contributed by atoms with Gasteiger partial charge >= 0.3 is 0 Å². The number of fused-ring (bicyclic) bond motifs is 2. The number of hydrogen-bond acceptors (Lipinski definition) is 13. The summed E-state index contributed by atoms with van der Waals surface area (Å²) in [5.74, 6) is -0.929. The largest absolute Gasteiger partial charge is 0.506 e. The van der Waals surface area contributed by atoms with E-state index in [4.69, 9.17) is 0 Å². The summed E-state index contributed by atoms with van der Waals surface area (Å²) in [5.41, 5.74) is -4.80. The first kappa shape index (κ1) is 35.7. The van der Waals surface area contributed by atoms with E-state index in [1.54, 1.807) is 0 Å². The van der Waals surface area contributed by atoms with Crippen molar-refractivity contribution in [3.63, 3.8) is 0 Å². The van der Waals surface area contributed by atoms with Crippen LogP contribution in [0.4, 0.5) is 11.4 Å². The van der Waals surface area contributed by atoms with Gasteiger partial charge < -0.3 is 10.4 Å². The van der Waals surface area contributed by atoms with Crippen molar-refractivity contribution in [2.24, 2.45) is 0 Å². The highest BCUT2D eigenvalue weighted by Gasteiger charge is 2.28. The summed E-state index contributed by atoms with van der Waals surface area (Å²) in [4.78, 5) is 27.8. The summed E-state index contributed by atoms with van der Waals surface area (Å²) < 4.78 is 137. The minimum atomic E-state index is -5.35. The fourth-order valence-corrected chi connectivity index (χ4v) is 8.44. The van der Waals surface area contributed by atoms with E-state index in [1.807, 2.05) is 0 Å². The average Bonchev–Trinajstić information content (AvgIpc) is 3.01. The van der Waals surface area contributed by atoms with Crippen LogP contribution in [0, 0.1) is 17.4 Å². The predicted molar refractivity (Wildman–Crippen MR) is 179 cm³/mol. The summed E-state index contributed by atoms with van der Waals surface area (Å²) in [6.45, 7) is 1.14. The molecule has 1 aliphatic heterocycles. The zero-order chi connectivity index (χ0) is 37.6. The van der Waals surface area contributed by atoms with Gasteiger partial charge in [0.15, 0.2) is 5.43 Å². The minimum Gasteiger partial charge on any atom is -0.506 e. The molecule has 0 aromatic heterocycles. The summed E-state index contributed by atoms with van der Waals surface area (Å²) in [6.07, 6.45) is 0. The van der Waals surface area contributed by atoms with Gasteiger partial charge in [-0.05, 0) is 48.2 Å². The molecule has 4 aromatic carbocycles. The summed E-state index contributed by atoms with van der Waals surface area (Å²) in [6, 6.07) is 11.4. The van der Waals surface area contributed by atoms with E-state index in [-0.39, 0.29) is 27.1 Å². The Morgan fingerprint density at radius 2 is 1.25 bits per heavy atom. The number of aliphatic hydroxyl groups is 1. The van der Waals surface area contributed by atoms with Crippen molar-refractivity contribution < 1.29 is 57.0 Å². The predicted octanol–water partition coefficient (Wildman–Crippen LogP) is 1.74. The van der Waals surface area contributed by atoms with Crippen LogP contribution in [0.25, 0.3) is 27.4 Å². The Morgan fingerprint density at radius 1 is 0.647 bits per heavy atom. The fourth-order valence-electron chi connectivity index (χ4n) is 5.80. The molecule has 0 bridgehead atoms. The second-order valence-corrected chi connectivity index (χ2v) is 16.7. The number of rotatable bonds is 7. The van der Waals surface area contributed by atoms with Crippen LogP contribution in [0.3, 0.4) is 0 Å². The van der Waals surface area contributed by atoms with E-state index in [0.717, 1.165) is 37.3 Å². The first-order valence-electron chi connectivity index (χ1n) is 13.8. The van der Waals surface area contributed by atoms with Crippen molar-refractivity contribution in [1.29, 1.82) is 0 Å². The molecule has 0 radical (unpaired) electrons. The van der Waals surface area contributed by atoms with E-state index in [0.29, 0.717) is 12.1 Å². The van der Waals surface area contributed by atoms with Crippen molar-refractivity contribution in [3.8, 4) is 0 Å². The van der Waals surface area contributed by atoms with Gasteiger partial charge in [-0.25, -0.2) is 4.98 Å². The number of aryl methyl sites for hydroxylation is 1. The zero-order valence-electron chi connectivity index (χ0n) is 25.2.